The summed E-state index contributed by atoms with van der Waals surface area (Å²) in [6.45, 7) is 2.30. The van der Waals surface area contributed by atoms with Gasteiger partial charge in [0.2, 0.25) is 4.73 Å². The summed E-state index contributed by atoms with van der Waals surface area (Å²) in [5, 5.41) is 4.58. The van der Waals surface area contributed by atoms with E-state index >= 15 is 0 Å². The maximum absolute atomic E-state index is 12.6. The van der Waals surface area contributed by atoms with E-state index in [9.17, 15) is 4.79 Å². The topological polar surface area (TPSA) is 69.0 Å². The zero-order valence-corrected chi connectivity index (χ0v) is 16.1. The molecule has 6 nitrogen and oxygen atoms in total. The summed E-state index contributed by atoms with van der Waals surface area (Å²) in [7, 11) is 1.97. The van der Waals surface area contributed by atoms with Gasteiger partial charge in [-0.2, -0.15) is 0 Å². The van der Waals surface area contributed by atoms with E-state index < -0.39 is 0 Å². The average molecular weight is 407 g/mol. The van der Waals surface area contributed by atoms with E-state index in [1.807, 2.05) is 30.8 Å². The Balaban J connectivity index is 1.69. The molecule has 3 saturated carbocycles. The van der Waals surface area contributed by atoms with Crippen LogP contribution >= 0.6 is 15.9 Å². The molecule has 0 amide bonds. The maximum atomic E-state index is 12.6. The predicted molar refractivity (Wildman–Crippen MR) is 99.2 cm³/mol. The van der Waals surface area contributed by atoms with Crippen molar-refractivity contribution in [3.63, 3.8) is 0 Å². The van der Waals surface area contributed by atoms with E-state index in [-0.39, 0.29) is 17.9 Å². The molecule has 0 saturated heterocycles. The molecule has 3 fully saturated rings. The highest BCUT2D eigenvalue weighted by Crippen LogP contribution is 2.47. The number of rotatable bonds is 4. The molecule has 1 N–H and O–H groups in total. The zero-order chi connectivity index (χ0) is 17.6. The first-order valence-corrected chi connectivity index (χ1v) is 9.79. The molecule has 0 aliphatic heterocycles. The van der Waals surface area contributed by atoms with Gasteiger partial charge in [0.05, 0.1) is 17.9 Å². The van der Waals surface area contributed by atoms with E-state index in [2.05, 4.69) is 31.2 Å². The number of aryl methyl sites for hydroxylation is 1. The van der Waals surface area contributed by atoms with Crippen LogP contribution in [0.3, 0.4) is 0 Å². The SMILES string of the molecule is CCOC(=O)[C@H]1C2CCC(CC2)[C@@H]1Nc1nc(Br)nc2c1ccn2C. The Morgan fingerprint density at radius 2 is 2.04 bits per heavy atom. The lowest BCUT2D eigenvalue weighted by Gasteiger charge is -2.47. The minimum Gasteiger partial charge on any atom is -0.466 e. The van der Waals surface area contributed by atoms with E-state index in [1.54, 1.807) is 0 Å². The monoisotopic (exact) mass is 406 g/mol. The van der Waals surface area contributed by atoms with E-state index in [1.165, 1.54) is 12.8 Å². The summed E-state index contributed by atoms with van der Waals surface area (Å²) in [6.07, 6.45) is 6.57. The molecule has 0 radical (unpaired) electrons. The third-order valence-electron chi connectivity index (χ3n) is 5.78. The van der Waals surface area contributed by atoms with Gasteiger partial charge in [0.1, 0.15) is 11.5 Å². The number of ether oxygens (including phenoxy) is 1. The molecular formula is C18H23BrN4O2. The molecule has 2 heterocycles. The van der Waals surface area contributed by atoms with Crippen molar-refractivity contribution >= 4 is 38.8 Å². The van der Waals surface area contributed by atoms with Crippen LogP contribution in [0, 0.1) is 17.8 Å². The first-order valence-electron chi connectivity index (χ1n) is 9.00. The largest absolute Gasteiger partial charge is 0.466 e. The van der Waals surface area contributed by atoms with Crippen molar-refractivity contribution in [1.82, 2.24) is 14.5 Å². The van der Waals surface area contributed by atoms with Gasteiger partial charge >= 0.3 is 5.97 Å². The lowest BCUT2D eigenvalue weighted by atomic mass is 9.61. The second-order valence-electron chi connectivity index (χ2n) is 7.13. The smallest absolute Gasteiger partial charge is 0.311 e. The van der Waals surface area contributed by atoms with Crippen LogP contribution < -0.4 is 5.32 Å². The molecule has 0 aromatic carbocycles. The molecule has 2 bridgehead atoms. The Kier molecular flexibility index (Phi) is 4.43. The Labute approximate surface area is 155 Å². The number of carbonyl (C=O) groups is 1. The van der Waals surface area contributed by atoms with Crippen LogP contribution in [0.1, 0.15) is 32.6 Å². The second-order valence-corrected chi connectivity index (χ2v) is 7.84. The number of hydrogen-bond acceptors (Lipinski definition) is 5. The van der Waals surface area contributed by atoms with Crippen molar-refractivity contribution in [3.05, 3.63) is 17.0 Å². The summed E-state index contributed by atoms with van der Waals surface area (Å²) in [6, 6.07) is 2.10. The van der Waals surface area contributed by atoms with E-state index in [0.29, 0.717) is 23.2 Å². The van der Waals surface area contributed by atoms with Crippen molar-refractivity contribution in [2.75, 3.05) is 11.9 Å². The number of aromatic nitrogens is 3. The lowest BCUT2D eigenvalue weighted by Crippen LogP contribution is -2.52. The minimum atomic E-state index is -0.0834. The van der Waals surface area contributed by atoms with E-state index in [4.69, 9.17) is 4.74 Å². The molecule has 5 rings (SSSR count). The Morgan fingerprint density at radius 1 is 1.32 bits per heavy atom. The van der Waals surface area contributed by atoms with E-state index in [0.717, 1.165) is 29.7 Å². The fourth-order valence-electron chi connectivity index (χ4n) is 4.61. The van der Waals surface area contributed by atoms with Gasteiger partial charge in [-0.3, -0.25) is 4.79 Å². The second kappa shape index (κ2) is 6.59. The number of anilines is 1. The minimum absolute atomic E-state index is 0.0631. The highest BCUT2D eigenvalue weighted by Gasteiger charge is 2.48. The molecule has 134 valence electrons. The average Bonchev–Trinajstić information content (AvgIpc) is 2.97. The van der Waals surface area contributed by atoms with Crippen LogP contribution in [0.2, 0.25) is 0 Å². The van der Waals surface area contributed by atoms with Crippen LogP contribution in [0.25, 0.3) is 11.0 Å². The molecule has 0 spiro atoms. The van der Waals surface area contributed by atoms with Gasteiger partial charge in [0.25, 0.3) is 0 Å². The molecule has 3 aliphatic rings. The summed E-state index contributed by atoms with van der Waals surface area (Å²) >= 11 is 3.41. The highest BCUT2D eigenvalue weighted by atomic mass is 79.9. The Morgan fingerprint density at radius 3 is 2.76 bits per heavy atom. The molecule has 2 aromatic heterocycles. The zero-order valence-electron chi connectivity index (χ0n) is 14.5. The van der Waals surface area contributed by atoms with Crippen molar-refractivity contribution in [3.8, 4) is 0 Å². The highest BCUT2D eigenvalue weighted by molar-refractivity contribution is 9.10. The Hall–Kier alpha value is -1.63. The van der Waals surface area contributed by atoms with Gasteiger partial charge in [-0.25, -0.2) is 9.97 Å². The summed E-state index contributed by atoms with van der Waals surface area (Å²) in [5.41, 5.74) is 0.873. The molecule has 7 heteroatoms. The summed E-state index contributed by atoms with van der Waals surface area (Å²) in [5.74, 6) is 1.56. The maximum Gasteiger partial charge on any atom is 0.311 e. The first kappa shape index (κ1) is 16.8. The standard InChI is InChI=1S/C18H23BrN4O2/c1-3-25-17(24)13-10-4-6-11(7-5-10)14(13)20-15-12-8-9-23(2)16(12)22-18(19)21-15/h8-11,13-14H,3-7H2,1-2H3,(H,20,21,22)/t10?,11?,13-,14-/m0/s1. The van der Waals surface area contributed by atoms with Crippen LogP contribution in [-0.4, -0.2) is 33.2 Å². The van der Waals surface area contributed by atoms with Crippen LogP contribution in [0.4, 0.5) is 5.82 Å². The van der Waals surface area contributed by atoms with Crippen LogP contribution in [0.15, 0.2) is 17.0 Å². The van der Waals surface area contributed by atoms with Crippen LogP contribution in [-0.2, 0) is 16.6 Å². The molecular weight excluding hydrogens is 384 g/mol. The third kappa shape index (κ3) is 2.92. The number of esters is 1. The van der Waals surface area contributed by atoms with Gasteiger partial charge in [0, 0.05) is 19.3 Å². The fourth-order valence-corrected chi connectivity index (χ4v) is 4.96. The number of hydrogen-bond donors (Lipinski definition) is 1. The number of carbonyl (C=O) groups excluding carboxylic acids is 1. The number of fused-ring (bicyclic) bond motifs is 4. The summed E-state index contributed by atoms with van der Waals surface area (Å²) in [4.78, 5) is 21.6. The van der Waals surface area contributed by atoms with Crippen molar-refractivity contribution in [2.24, 2.45) is 24.8 Å². The summed E-state index contributed by atoms with van der Waals surface area (Å²) < 4.78 is 7.92. The quantitative estimate of drug-likeness (QED) is 0.621. The molecule has 2 atom stereocenters. The third-order valence-corrected chi connectivity index (χ3v) is 6.13. The number of nitrogens with one attached hydrogen (secondary N) is 1. The number of halogens is 1. The van der Waals surface area contributed by atoms with Crippen molar-refractivity contribution in [1.29, 1.82) is 0 Å². The fraction of sp³-hybridized carbons (Fsp3) is 0.611. The van der Waals surface area contributed by atoms with Gasteiger partial charge in [-0.1, -0.05) is 0 Å². The van der Waals surface area contributed by atoms with Gasteiger partial charge < -0.3 is 14.6 Å². The molecule has 2 aromatic rings. The van der Waals surface area contributed by atoms with Crippen molar-refractivity contribution < 1.29 is 9.53 Å². The normalized spacial score (nSPS) is 28.3. The Bertz CT molecular complexity index is 798. The van der Waals surface area contributed by atoms with Gasteiger partial charge in [0.15, 0.2) is 0 Å². The molecule has 0 unspecified atom stereocenters. The van der Waals surface area contributed by atoms with Gasteiger partial charge in [-0.15, -0.1) is 0 Å². The van der Waals surface area contributed by atoms with Crippen LogP contribution in [0.5, 0.6) is 0 Å². The molecule has 3 aliphatic carbocycles. The van der Waals surface area contributed by atoms with Crippen molar-refractivity contribution in [2.45, 2.75) is 38.6 Å². The predicted octanol–water partition coefficient (Wildman–Crippen LogP) is 3.51. The first-order chi connectivity index (χ1) is 12.1. The number of nitrogens with zero attached hydrogens (tertiary/aromatic N) is 3. The van der Waals surface area contributed by atoms with Gasteiger partial charge in [-0.05, 0) is 66.4 Å². The lowest BCUT2D eigenvalue weighted by molar-refractivity contribution is -0.154. The molecule has 25 heavy (non-hydrogen) atoms.